The van der Waals surface area contributed by atoms with Crippen molar-refractivity contribution in [3.8, 4) is 0 Å². The number of fused-ring (bicyclic) bond motifs is 2. The van der Waals surface area contributed by atoms with Crippen LogP contribution in [0.2, 0.25) is 0 Å². The van der Waals surface area contributed by atoms with E-state index in [4.69, 9.17) is 0 Å². The van der Waals surface area contributed by atoms with Gasteiger partial charge in [0.2, 0.25) is 5.82 Å². The van der Waals surface area contributed by atoms with Gasteiger partial charge in [-0.3, -0.25) is 9.69 Å². The third-order valence-corrected chi connectivity index (χ3v) is 6.14. The summed E-state index contributed by atoms with van der Waals surface area (Å²) in [4.78, 5) is 15.0. The average Bonchev–Trinajstić information content (AvgIpc) is 3.18. The Balaban J connectivity index is 1.28. The number of nitrogens with one attached hydrogen (secondary N) is 1. The number of rotatable bonds is 4. The molecule has 3 heterocycles. The fourth-order valence-electron chi connectivity index (χ4n) is 4.81. The molecule has 2 aromatic rings. The normalized spacial score (nSPS) is 24.5. The fourth-order valence-corrected chi connectivity index (χ4v) is 4.81. The molecule has 2 aliphatic heterocycles. The number of benzene rings is 1. The molecule has 0 unspecified atom stereocenters. The Morgan fingerprint density at radius 2 is 1.81 bits per heavy atom. The highest BCUT2D eigenvalue weighted by molar-refractivity contribution is 5.91. The molecule has 6 nitrogen and oxygen atoms in total. The number of carbonyl (C=O) groups excluding carboxylic acids is 1. The Hall–Kier alpha value is -2.21. The summed E-state index contributed by atoms with van der Waals surface area (Å²) in [6, 6.07) is 7.17. The van der Waals surface area contributed by atoms with Crippen LogP contribution in [0.3, 0.4) is 0 Å². The van der Waals surface area contributed by atoms with Crippen LogP contribution >= 0.6 is 0 Å². The van der Waals surface area contributed by atoms with Crippen molar-refractivity contribution in [2.24, 2.45) is 11.8 Å². The maximum absolute atomic E-state index is 12.4. The van der Waals surface area contributed by atoms with Crippen LogP contribution in [0.15, 0.2) is 18.2 Å². The molecule has 2 fully saturated rings. The topological polar surface area (TPSA) is 63.1 Å². The van der Waals surface area contributed by atoms with Crippen molar-refractivity contribution in [1.29, 1.82) is 0 Å². The second-order valence-corrected chi connectivity index (χ2v) is 8.71. The minimum Gasteiger partial charge on any atom is -0.347 e. The molecule has 1 saturated heterocycles. The number of hydrogen-bond acceptors (Lipinski definition) is 4. The molecule has 0 bridgehead atoms. The molecule has 1 aromatic heterocycles. The van der Waals surface area contributed by atoms with Crippen molar-refractivity contribution in [2.75, 3.05) is 13.1 Å². The molecule has 1 aromatic carbocycles. The van der Waals surface area contributed by atoms with Gasteiger partial charge in [0.15, 0.2) is 0 Å². The number of likely N-dealkylation sites (tertiary alicyclic amines) is 1. The molecule has 1 saturated carbocycles. The molecule has 0 radical (unpaired) electrons. The molecule has 2 atom stereocenters. The number of amides is 1. The van der Waals surface area contributed by atoms with E-state index in [1.165, 1.54) is 16.7 Å². The Morgan fingerprint density at radius 1 is 1.07 bits per heavy atom. The van der Waals surface area contributed by atoms with Crippen molar-refractivity contribution in [1.82, 2.24) is 25.0 Å². The third-order valence-electron chi connectivity index (χ3n) is 6.14. The van der Waals surface area contributed by atoms with E-state index < -0.39 is 0 Å². The Morgan fingerprint density at radius 3 is 2.56 bits per heavy atom. The highest BCUT2D eigenvalue weighted by atomic mass is 16.2. The van der Waals surface area contributed by atoms with Crippen molar-refractivity contribution in [3.63, 3.8) is 0 Å². The van der Waals surface area contributed by atoms with Gasteiger partial charge in [0.05, 0.1) is 0 Å². The smallest absolute Gasteiger partial charge is 0.289 e. The molecule has 6 heteroatoms. The largest absolute Gasteiger partial charge is 0.347 e. The van der Waals surface area contributed by atoms with Gasteiger partial charge in [-0.1, -0.05) is 29.3 Å². The molecule has 3 aliphatic rings. The zero-order valence-electron chi connectivity index (χ0n) is 16.1. The van der Waals surface area contributed by atoms with E-state index in [0.717, 1.165) is 51.3 Å². The van der Waals surface area contributed by atoms with Crippen molar-refractivity contribution >= 4 is 5.91 Å². The summed E-state index contributed by atoms with van der Waals surface area (Å²) in [6.07, 6.45) is 3.10. The molecular formula is C21H27N5O. The lowest BCUT2D eigenvalue weighted by Crippen LogP contribution is -2.33. The first-order valence-electron chi connectivity index (χ1n) is 10.1. The Labute approximate surface area is 160 Å². The summed E-state index contributed by atoms with van der Waals surface area (Å²) in [6.45, 7) is 8.39. The highest BCUT2D eigenvalue weighted by Crippen LogP contribution is 2.33. The van der Waals surface area contributed by atoms with E-state index in [-0.39, 0.29) is 5.91 Å². The van der Waals surface area contributed by atoms with Crippen LogP contribution in [-0.4, -0.2) is 44.7 Å². The lowest BCUT2D eigenvalue weighted by molar-refractivity contribution is 0.0932. The zero-order valence-corrected chi connectivity index (χ0v) is 16.1. The Bertz CT molecular complexity index is 864. The summed E-state index contributed by atoms with van der Waals surface area (Å²) >= 11 is 0. The van der Waals surface area contributed by atoms with E-state index in [9.17, 15) is 4.79 Å². The third kappa shape index (κ3) is 3.38. The summed E-state index contributed by atoms with van der Waals surface area (Å²) in [5, 5.41) is 11.6. The van der Waals surface area contributed by atoms with Gasteiger partial charge in [0.25, 0.3) is 5.91 Å². The number of carbonyl (C=O) groups is 1. The van der Waals surface area contributed by atoms with Crippen molar-refractivity contribution < 1.29 is 4.79 Å². The second kappa shape index (κ2) is 6.44. The predicted octanol–water partition coefficient (Wildman–Crippen LogP) is 2.09. The van der Waals surface area contributed by atoms with Crippen LogP contribution in [-0.2, 0) is 19.5 Å². The van der Waals surface area contributed by atoms with Gasteiger partial charge in [-0.05, 0) is 44.1 Å². The zero-order chi connectivity index (χ0) is 18.5. The van der Waals surface area contributed by atoms with Crippen molar-refractivity contribution in [3.05, 3.63) is 46.5 Å². The van der Waals surface area contributed by atoms with Gasteiger partial charge in [0, 0.05) is 38.6 Å². The first kappa shape index (κ1) is 16.9. The molecule has 1 N–H and O–H groups in total. The lowest BCUT2D eigenvalue weighted by atomic mass is 9.89. The van der Waals surface area contributed by atoms with E-state index in [1.807, 2.05) is 0 Å². The predicted molar refractivity (Wildman–Crippen MR) is 102 cm³/mol. The number of aromatic nitrogens is 3. The number of aryl methyl sites for hydroxylation is 2. The summed E-state index contributed by atoms with van der Waals surface area (Å²) < 4.78 is 2.07. The summed E-state index contributed by atoms with van der Waals surface area (Å²) in [5.74, 6) is 2.62. The summed E-state index contributed by atoms with van der Waals surface area (Å²) in [7, 11) is 0. The molecular weight excluding hydrogens is 338 g/mol. The van der Waals surface area contributed by atoms with Gasteiger partial charge in [-0.15, -0.1) is 10.2 Å². The van der Waals surface area contributed by atoms with Gasteiger partial charge in [0.1, 0.15) is 5.82 Å². The van der Waals surface area contributed by atoms with Gasteiger partial charge in [-0.25, -0.2) is 0 Å². The van der Waals surface area contributed by atoms with Gasteiger partial charge in [-0.2, -0.15) is 0 Å². The van der Waals surface area contributed by atoms with Gasteiger partial charge >= 0.3 is 0 Å². The first-order valence-corrected chi connectivity index (χ1v) is 10.1. The van der Waals surface area contributed by atoms with Crippen LogP contribution < -0.4 is 5.32 Å². The van der Waals surface area contributed by atoms with Gasteiger partial charge < -0.3 is 9.88 Å². The first-order chi connectivity index (χ1) is 13.0. The molecule has 142 valence electrons. The van der Waals surface area contributed by atoms with Crippen LogP contribution in [0, 0.1) is 25.7 Å². The minimum absolute atomic E-state index is 0.0558. The molecule has 27 heavy (non-hydrogen) atoms. The SMILES string of the molecule is Cc1cc(C)cc(CN2C[C@@H]3Cn4c(nnc4C(=O)NC4CC4)C[C@H]3C2)c1. The second-order valence-electron chi connectivity index (χ2n) is 8.71. The van der Waals surface area contributed by atoms with Crippen molar-refractivity contribution in [2.45, 2.75) is 52.2 Å². The van der Waals surface area contributed by atoms with Crippen LogP contribution in [0.1, 0.15) is 46.0 Å². The van der Waals surface area contributed by atoms with Crippen LogP contribution in [0.4, 0.5) is 0 Å². The van der Waals surface area contributed by atoms with Crippen LogP contribution in [0.5, 0.6) is 0 Å². The highest BCUT2D eigenvalue weighted by Gasteiger charge is 2.39. The fraction of sp³-hybridized carbons (Fsp3) is 0.571. The molecule has 0 spiro atoms. The Kier molecular flexibility index (Phi) is 4.04. The molecule has 1 amide bonds. The standard InChI is InChI=1S/C21H27N5O/c1-13-5-14(2)7-15(6-13)9-25-10-16-8-19-23-24-20(21(27)22-18-3-4-18)26(19)12-17(16)11-25/h5-7,16-18H,3-4,8-12H2,1-2H3,(H,22,27)/t16-,17+/m0/s1. The monoisotopic (exact) mass is 365 g/mol. The maximum atomic E-state index is 12.4. The number of hydrogen-bond donors (Lipinski definition) is 1. The summed E-state index contributed by atoms with van der Waals surface area (Å²) in [5.41, 5.74) is 4.06. The van der Waals surface area contributed by atoms with Crippen LogP contribution in [0.25, 0.3) is 0 Å². The minimum atomic E-state index is -0.0558. The van der Waals surface area contributed by atoms with E-state index in [1.54, 1.807) is 0 Å². The van der Waals surface area contributed by atoms with E-state index >= 15 is 0 Å². The molecule has 5 rings (SSSR count). The lowest BCUT2D eigenvalue weighted by Gasteiger charge is -2.25. The average molecular weight is 365 g/mol. The number of nitrogens with zero attached hydrogens (tertiary/aromatic N) is 4. The molecule has 1 aliphatic carbocycles. The van der Waals surface area contributed by atoms with E-state index in [2.05, 4.69) is 57.0 Å². The quantitative estimate of drug-likeness (QED) is 0.901. The maximum Gasteiger partial charge on any atom is 0.289 e. The van der Waals surface area contributed by atoms with E-state index in [0.29, 0.717) is 23.7 Å².